The summed E-state index contributed by atoms with van der Waals surface area (Å²) >= 11 is 0. The van der Waals surface area contributed by atoms with E-state index in [1.54, 1.807) is 5.56 Å². The summed E-state index contributed by atoms with van der Waals surface area (Å²) in [4.78, 5) is 10.6. The Hall–Kier alpha value is -0.920. The minimum absolute atomic E-state index is 0.898. The van der Waals surface area contributed by atoms with E-state index in [0.717, 1.165) is 31.5 Å². The Morgan fingerprint density at radius 3 is 0.606 bits per heavy atom. The van der Waals surface area contributed by atoms with Gasteiger partial charge in [0.1, 0.15) is 5.82 Å². The minimum Gasteiger partial charge on any atom is -0.238 e. The largest absolute Gasteiger partial charge is 0.238 e. The molecule has 0 fully saturated rings. The molecule has 0 amide bonds. The molecule has 1 radical (unpaired) electrons. The molecule has 2 heteroatoms. The van der Waals surface area contributed by atoms with E-state index in [1.807, 2.05) is 0 Å². The molecule has 0 aliphatic heterocycles. The molecule has 0 saturated heterocycles. The summed E-state index contributed by atoms with van der Waals surface area (Å²) in [6.07, 6.45) is 78.4. The number of aromatic nitrogens is 2. The minimum atomic E-state index is 0.898. The van der Waals surface area contributed by atoms with E-state index in [9.17, 15) is 0 Å². The Kier molecular flexibility index (Phi) is 51.1. The Morgan fingerprint density at radius 1 is 0.227 bits per heavy atom. The lowest BCUT2D eigenvalue weighted by atomic mass is 9.96. The fraction of sp³-hybridized carbons (Fsp3) is 0.922. The van der Waals surface area contributed by atoms with Crippen molar-refractivity contribution in [3.63, 3.8) is 0 Å². The number of aryl methyl sites for hydroxylation is 3. The van der Waals surface area contributed by atoms with Crippen molar-refractivity contribution in [2.24, 2.45) is 0 Å². The highest BCUT2D eigenvalue weighted by Crippen LogP contribution is 2.24. The predicted molar refractivity (Wildman–Crippen MR) is 299 cm³/mol. The van der Waals surface area contributed by atoms with Crippen LogP contribution in [0, 0.1) is 6.92 Å². The molecule has 0 spiro atoms. The van der Waals surface area contributed by atoms with Crippen LogP contribution >= 0.6 is 0 Å². The standard InChI is InChI=1S/C64H123N2/c1-5-9-12-15-18-21-24-27-30-33-36-39-42-45-48-51-54-58-61-62(59-55-52-49-46-43-40-37-34-31-28-25-22-19-16-13-10-6-2)65-64(57-8-4)66-63(61)60-56-53-50-47-44-41-38-35-32-29-26-23-20-17-14-11-7-3/h4-60H2,1-3H3. The summed E-state index contributed by atoms with van der Waals surface area (Å²) < 4.78 is 0. The molecular formula is C64H123N2. The molecule has 0 aromatic carbocycles. The van der Waals surface area contributed by atoms with Crippen molar-refractivity contribution in [3.05, 3.63) is 29.7 Å². The zero-order valence-electron chi connectivity index (χ0n) is 46.2. The lowest BCUT2D eigenvalue weighted by Gasteiger charge is -2.16. The van der Waals surface area contributed by atoms with Crippen LogP contribution in [0.1, 0.15) is 377 Å². The van der Waals surface area contributed by atoms with Gasteiger partial charge in [-0.15, -0.1) is 0 Å². The molecule has 0 unspecified atom stereocenters. The lowest BCUT2D eigenvalue weighted by molar-refractivity contribution is 0.524. The van der Waals surface area contributed by atoms with Gasteiger partial charge in [-0.2, -0.15) is 0 Å². The maximum atomic E-state index is 5.31. The molecule has 1 aromatic rings. The first-order chi connectivity index (χ1) is 32.8. The molecule has 0 aliphatic rings. The first kappa shape index (κ1) is 63.1. The summed E-state index contributed by atoms with van der Waals surface area (Å²) in [7, 11) is 0. The normalized spacial score (nSPS) is 11.7. The van der Waals surface area contributed by atoms with E-state index in [1.165, 1.54) is 345 Å². The molecular weight excluding hydrogens is 797 g/mol. The van der Waals surface area contributed by atoms with Crippen LogP contribution in [0.2, 0.25) is 0 Å². The number of hydrogen-bond acceptors (Lipinski definition) is 2. The molecule has 66 heavy (non-hydrogen) atoms. The Bertz CT molecular complexity index is 1000. The van der Waals surface area contributed by atoms with Gasteiger partial charge < -0.3 is 0 Å². The van der Waals surface area contributed by atoms with Crippen LogP contribution in [0.3, 0.4) is 0 Å². The van der Waals surface area contributed by atoms with E-state index in [2.05, 4.69) is 27.7 Å². The smallest absolute Gasteiger partial charge is 0.128 e. The fourth-order valence-electron chi connectivity index (χ4n) is 10.7. The van der Waals surface area contributed by atoms with Gasteiger partial charge >= 0.3 is 0 Å². The molecule has 0 atom stereocenters. The molecule has 0 bridgehead atoms. The van der Waals surface area contributed by atoms with Crippen LogP contribution in [0.15, 0.2) is 0 Å². The monoisotopic (exact) mass is 920 g/mol. The second-order valence-electron chi connectivity index (χ2n) is 21.8. The maximum absolute atomic E-state index is 5.31. The zero-order valence-corrected chi connectivity index (χ0v) is 46.2. The number of hydrogen-bond donors (Lipinski definition) is 0. The quantitative estimate of drug-likeness (QED) is 0.0609. The lowest BCUT2D eigenvalue weighted by Crippen LogP contribution is -2.11. The summed E-state index contributed by atoms with van der Waals surface area (Å²) in [5, 5.41) is 0. The number of unbranched alkanes of at least 4 members (excludes halogenated alkanes) is 48. The second kappa shape index (κ2) is 53.4. The third kappa shape index (κ3) is 43.1. The molecule has 0 aliphatic carbocycles. The van der Waals surface area contributed by atoms with Crippen molar-refractivity contribution in [2.75, 3.05) is 0 Å². The van der Waals surface area contributed by atoms with Gasteiger partial charge in [-0.3, -0.25) is 0 Å². The van der Waals surface area contributed by atoms with Gasteiger partial charge in [-0.25, -0.2) is 9.97 Å². The second-order valence-corrected chi connectivity index (χ2v) is 21.8. The summed E-state index contributed by atoms with van der Waals surface area (Å²) in [6.45, 7) is 11.2. The Balaban J connectivity index is 2.45. The maximum Gasteiger partial charge on any atom is 0.128 e. The molecule has 1 rings (SSSR count). The van der Waals surface area contributed by atoms with Crippen LogP contribution in [-0.4, -0.2) is 9.97 Å². The van der Waals surface area contributed by atoms with Crippen molar-refractivity contribution in [3.8, 4) is 0 Å². The fourth-order valence-corrected chi connectivity index (χ4v) is 10.7. The van der Waals surface area contributed by atoms with Crippen molar-refractivity contribution in [2.45, 2.75) is 380 Å². The van der Waals surface area contributed by atoms with Gasteiger partial charge in [-0.1, -0.05) is 336 Å². The average Bonchev–Trinajstić information content (AvgIpc) is 3.32. The summed E-state index contributed by atoms with van der Waals surface area (Å²) in [5.74, 6) is 1.08. The van der Waals surface area contributed by atoms with E-state index in [-0.39, 0.29) is 0 Å². The Labute approximate surface area is 418 Å². The highest BCUT2D eigenvalue weighted by molar-refractivity contribution is 5.27. The number of rotatable bonds is 56. The third-order valence-corrected chi connectivity index (χ3v) is 15.2. The van der Waals surface area contributed by atoms with E-state index < -0.39 is 0 Å². The Morgan fingerprint density at radius 2 is 0.409 bits per heavy atom. The molecule has 1 aromatic heterocycles. The van der Waals surface area contributed by atoms with Crippen molar-refractivity contribution in [1.29, 1.82) is 0 Å². The van der Waals surface area contributed by atoms with Crippen LogP contribution in [0.25, 0.3) is 0 Å². The SMILES string of the molecule is [CH2]CCc1nc(CCCCCCCCCCCCCCCCCCC)c(CCCCCCCCCCCCCCCCCCC)c(CCCCCCCCCCCCCCCCCCC)n1. The van der Waals surface area contributed by atoms with Crippen LogP contribution in [0.5, 0.6) is 0 Å². The first-order valence-corrected chi connectivity index (χ1v) is 31.4. The van der Waals surface area contributed by atoms with E-state index >= 15 is 0 Å². The van der Waals surface area contributed by atoms with Crippen LogP contribution < -0.4 is 0 Å². The van der Waals surface area contributed by atoms with Crippen molar-refractivity contribution < 1.29 is 0 Å². The predicted octanol–water partition coefficient (Wildman–Crippen LogP) is 22.8. The highest BCUT2D eigenvalue weighted by atomic mass is 14.9. The summed E-state index contributed by atoms with van der Waals surface area (Å²) in [6, 6.07) is 0. The van der Waals surface area contributed by atoms with Gasteiger partial charge in [0.25, 0.3) is 0 Å². The van der Waals surface area contributed by atoms with Gasteiger partial charge in [0, 0.05) is 17.8 Å². The molecule has 1 heterocycles. The zero-order chi connectivity index (χ0) is 47.3. The molecule has 389 valence electrons. The third-order valence-electron chi connectivity index (χ3n) is 15.2. The highest BCUT2D eigenvalue weighted by Gasteiger charge is 2.15. The molecule has 0 N–H and O–H groups in total. The van der Waals surface area contributed by atoms with Crippen molar-refractivity contribution in [1.82, 2.24) is 9.97 Å². The summed E-state index contributed by atoms with van der Waals surface area (Å²) in [5.41, 5.74) is 4.41. The van der Waals surface area contributed by atoms with E-state index in [0.29, 0.717) is 0 Å². The van der Waals surface area contributed by atoms with Gasteiger partial charge in [-0.05, 0) is 50.5 Å². The van der Waals surface area contributed by atoms with Crippen LogP contribution in [-0.2, 0) is 25.7 Å². The van der Waals surface area contributed by atoms with Gasteiger partial charge in [0.2, 0.25) is 0 Å². The van der Waals surface area contributed by atoms with Gasteiger partial charge in [0.15, 0.2) is 0 Å². The molecule has 0 saturated carbocycles. The first-order valence-electron chi connectivity index (χ1n) is 31.4. The topological polar surface area (TPSA) is 25.8 Å². The van der Waals surface area contributed by atoms with Gasteiger partial charge in [0.05, 0.1) is 0 Å². The van der Waals surface area contributed by atoms with E-state index in [4.69, 9.17) is 9.97 Å². The molecule has 2 nitrogen and oxygen atoms in total. The van der Waals surface area contributed by atoms with Crippen molar-refractivity contribution >= 4 is 0 Å². The van der Waals surface area contributed by atoms with Crippen LogP contribution in [0.4, 0.5) is 0 Å². The average molecular weight is 921 g/mol. The number of nitrogens with zero attached hydrogens (tertiary/aromatic N) is 2.